The lowest BCUT2D eigenvalue weighted by molar-refractivity contribution is -0.134. The number of piperidine rings is 1. The molecule has 7 nitrogen and oxygen atoms in total. The molecule has 0 radical (unpaired) electrons. The van der Waals surface area contributed by atoms with Crippen molar-refractivity contribution in [1.82, 2.24) is 25.8 Å². The zero-order chi connectivity index (χ0) is 24.1. The molecule has 2 fully saturated rings. The summed E-state index contributed by atoms with van der Waals surface area (Å²) in [6.45, 7) is 7.59. The SMILES string of the molecule is CNC1=C(C(=N)N2CCN(C(=O)C(CNC3CCNCC3)c3ccc(Cl)cc3)CC2)[C@H](C)CC1. The Morgan fingerprint density at radius 1 is 1.12 bits per heavy atom. The summed E-state index contributed by atoms with van der Waals surface area (Å²) in [7, 11) is 1.95. The molecule has 2 atom stereocenters. The smallest absolute Gasteiger partial charge is 0.231 e. The lowest BCUT2D eigenvalue weighted by atomic mass is 9.95. The van der Waals surface area contributed by atoms with Crippen LogP contribution in [0.2, 0.25) is 5.02 Å². The summed E-state index contributed by atoms with van der Waals surface area (Å²) in [5, 5.41) is 19.9. The summed E-state index contributed by atoms with van der Waals surface area (Å²) in [5.41, 5.74) is 3.35. The van der Waals surface area contributed by atoms with Crippen molar-refractivity contribution >= 4 is 23.3 Å². The zero-order valence-electron chi connectivity index (χ0n) is 20.5. The molecule has 2 saturated heterocycles. The van der Waals surface area contributed by atoms with E-state index in [0.29, 0.717) is 55.5 Å². The van der Waals surface area contributed by atoms with Crippen molar-refractivity contribution in [2.24, 2.45) is 5.92 Å². The molecule has 1 aromatic rings. The summed E-state index contributed by atoms with van der Waals surface area (Å²) in [4.78, 5) is 17.8. The van der Waals surface area contributed by atoms with Crippen LogP contribution < -0.4 is 16.0 Å². The Morgan fingerprint density at radius 3 is 2.41 bits per heavy atom. The minimum absolute atomic E-state index is 0.166. The van der Waals surface area contributed by atoms with Gasteiger partial charge in [0, 0.05) is 62.1 Å². The third kappa shape index (κ3) is 5.75. The van der Waals surface area contributed by atoms with Crippen LogP contribution in [-0.2, 0) is 4.79 Å². The van der Waals surface area contributed by atoms with Crippen molar-refractivity contribution in [3.63, 3.8) is 0 Å². The van der Waals surface area contributed by atoms with Gasteiger partial charge in [0.2, 0.25) is 5.91 Å². The Labute approximate surface area is 208 Å². The molecule has 0 bridgehead atoms. The Balaban J connectivity index is 1.40. The second kappa shape index (κ2) is 11.6. The van der Waals surface area contributed by atoms with Gasteiger partial charge in [-0.25, -0.2) is 0 Å². The molecule has 0 aromatic heterocycles. The molecule has 8 heteroatoms. The number of piperazine rings is 1. The predicted molar refractivity (Wildman–Crippen MR) is 138 cm³/mol. The quantitative estimate of drug-likeness (QED) is 0.352. The molecule has 4 rings (SSSR count). The highest BCUT2D eigenvalue weighted by Gasteiger charge is 2.32. The maximum absolute atomic E-state index is 13.7. The summed E-state index contributed by atoms with van der Waals surface area (Å²) < 4.78 is 0. The van der Waals surface area contributed by atoms with E-state index in [-0.39, 0.29) is 11.8 Å². The standard InChI is InChI=1S/C26H39ClN6O/c1-18-3-8-23(29-2)24(18)25(28)32-13-15-33(16-14-32)26(34)22(19-4-6-20(27)7-5-19)17-31-21-9-11-30-12-10-21/h4-7,18,21-22,28-31H,3,8-17H2,1-2H3/t18-,22?/m1/s1. The van der Waals surface area contributed by atoms with Gasteiger partial charge in [0.25, 0.3) is 0 Å². The first-order valence-electron chi connectivity index (χ1n) is 12.7. The van der Waals surface area contributed by atoms with Crippen LogP contribution in [0.4, 0.5) is 0 Å². The zero-order valence-corrected chi connectivity index (χ0v) is 21.3. The topological polar surface area (TPSA) is 83.5 Å². The molecule has 2 heterocycles. The second-order valence-electron chi connectivity index (χ2n) is 9.78. The van der Waals surface area contributed by atoms with Gasteiger partial charge in [0.15, 0.2) is 0 Å². The molecule has 186 valence electrons. The van der Waals surface area contributed by atoms with E-state index in [9.17, 15) is 4.79 Å². The molecular formula is C26H39ClN6O. The molecule has 3 aliphatic rings. The summed E-state index contributed by atoms with van der Waals surface area (Å²) in [6.07, 6.45) is 4.29. The van der Waals surface area contributed by atoms with Crippen molar-refractivity contribution < 1.29 is 4.79 Å². The fourth-order valence-corrected chi connectivity index (χ4v) is 5.59. The number of carbonyl (C=O) groups is 1. The molecule has 0 spiro atoms. The van der Waals surface area contributed by atoms with Crippen molar-refractivity contribution in [3.05, 3.63) is 46.1 Å². The number of hydrogen-bond acceptors (Lipinski definition) is 5. The monoisotopic (exact) mass is 486 g/mol. The first-order chi connectivity index (χ1) is 16.5. The van der Waals surface area contributed by atoms with Gasteiger partial charge in [0.05, 0.1) is 5.92 Å². The van der Waals surface area contributed by atoms with Crippen molar-refractivity contribution in [3.8, 4) is 0 Å². The number of carbonyl (C=O) groups excluding carboxylic acids is 1. The molecule has 34 heavy (non-hydrogen) atoms. The van der Waals surface area contributed by atoms with Crippen molar-refractivity contribution in [2.75, 3.05) is 52.9 Å². The van der Waals surface area contributed by atoms with Crippen molar-refractivity contribution in [1.29, 1.82) is 5.41 Å². The van der Waals surface area contributed by atoms with Gasteiger partial charge >= 0.3 is 0 Å². The predicted octanol–water partition coefficient (Wildman–Crippen LogP) is 2.79. The first kappa shape index (κ1) is 25.0. The fraction of sp³-hybridized carbons (Fsp3) is 0.615. The first-order valence-corrected chi connectivity index (χ1v) is 13.1. The Morgan fingerprint density at radius 2 is 1.76 bits per heavy atom. The Hall–Kier alpha value is -2.09. The van der Waals surface area contributed by atoms with Gasteiger partial charge in [0.1, 0.15) is 5.84 Å². The molecule has 1 aliphatic carbocycles. The number of amides is 1. The summed E-state index contributed by atoms with van der Waals surface area (Å²) >= 11 is 6.12. The molecule has 4 N–H and O–H groups in total. The number of amidine groups is 1. The maximum atomic E-state index is 13.7. The van der Waals surface area contributed by atoms with Gasteiger partial charge in [-0.3, -0.25) is 10.2 Å². The minimum Gasteiger partial charge on any atom is -0.391 e. The normalized spacial score (nSPS) is 22.7. The van der Waals surface area contributed by atoms with Crippen LogP contribution in [0.5, 0.6) is 0 Å². The lowest BCUT2D eigenvalue weighted by Crippen LogP contribution is -2.53. The van der Waals surface area contributed by atoms with Gasteiger partial charge in [-0.05, 0) is 62.4 Å². The number of rotatable bonds is 7. The van der Waals surface area contributed by atoms with Crippen LogP contribution >= 0.6 is 11.6 Å². The summed E-state index contributed by atoms with van der Waals surface area (Å²) in [6, 6.07) is 8.15. The van der Waals surface area contributed by atoms with Gasteiger partial charge in [-0.1, -0.05) is 30.7 Å². The molecule has 1 unspecified atom stereocenters. The number of benzene rings is 1. The Kier molecular flexibility index (Phi) is 8.51. The third-order valence-corrected chi connectivity index (χ3v) is 7.88. The van der Waals surface area contributed by atoms with E-state index in [4.69, 9.17) is 17.0 Å². The van der Waals surface area contributed by atoms with Gasteiger partial charge in [-0.2, -0.15) is 0 Å². The average molecular weight is 487 g/mol. The van der Waals surface area contributed by atoms with E-state index in [1.165, 1.54) is 5.70 Å². The molecule has 1 aromatic carbocycles. The van der Waals surface area contributed by atoms with Crippen LogP contribution in [0.3, 0.4) is 0 Å². The average Bonchev–Trinajstić information content (AvgIpc) is 3.25. The van der Waals surface area contributed by atoms with Crippen molar-refractivity contribution in [2.45, 2.75) is 44.6 Å². The lowest BCUT2D eigenvalue weighted by Gasteiger charge is -2.38. The Bertz CT molecular complexity index is 887. The number of allylic oxidation sites excluding steroid dienone is 1. The van der Waals surface area contributed by atoms with E-state index >= 15 is 0 Å². The highest BCUT2D eigenvalue weighted by atomic mass is 35.5. The summed E-state index contributed by atoms with van der Waals surface area (Å²) in [5.74, 6) is 0.971. The van der Waals surface area contributed by atoms with Gasteiger partial charge < -0.3 is 25.8 Å². The van der Waals surface area contributed by atoms with E-state index in [0.717, 1.165) is 49.9 Å². The van der Waals surface area contributed by atoms with E-state index in [1.807, 2.05) is 36.2 Å². The molecular weight excluding hydrogens is 448 g/mol. The largest absolute Gasteiger partial charge is 0.391 e. The highest BCUT2D eigenvalue weighted by molar-refractivity contribution is 6.30. The maximum Gasteiger partial charge on any atom is 0.231 e. The number of hydrogen-bond donors (Lipinski definition) is 4. The molecule has 1 amide bonds. The van der Waals surface area contributed by atoms with Crippen LogP contribution in [-0.4, -0.2) is 80.4 Å². The van der Waals surface area contributed by atoms with Crippen LogP contribution in [0.1, 0.15) is 44.1 Å². The van der Waals surface area contributed by atoms with E-state index in [1.54, 1.807) is 0 Å². The van der Waals surface area contributed by atoms with Crippen LogP contribution in [0.25, 0.3) is 0 Å². The van der Waals surface area contributed by atoms with Crippen LogP contribution in [0, 0.1) is 11.3 Å². The number of halogens is 1. The number of nitrogens with zero attached hydrogens (tertiary/aromatic N) is 2. The second-order valence-corrected chi connectivity index (χ2v) is 10.2. The molecule has 0 saturated carbocycles. The third-order valence-electron chi connectivity index (χ3n) is 7.63. The van der Waals surface area contributed by atoms with E-state index in [2.05, 4.69) is 27.8 Å². The highest BCUT2D eigenvalue weighted by Crippen LogP contribution is 2.32. The number of nitrogens with one attached hydrogen (secondary N) is 4. The van der Waals surface area contributed by atoms with Crippen LogP contribution in [0.15, 0.2) is 35.5 Å². The van der Waals surface area contributed by atoms with Gasteiger partial charge in [-0.15, -0.1) is 0 Å². The molecule has 2 aliphatic heterocycles. The fourth-order valence-electron chi connectivity index (χ4n) is 5.47. The minimum atomic E-state index is -0.230. The van der Waals surface area contributed by atoms with E-state index < -0.39 is 0 Å².